The average molecular weight is 727 g/mol. The van der Waals surface area contributed by atoms with Crippen LogP contribution in [-0.2, 0) is 29.9 Å². The third-order valence-corrected chi connectivity index (χ3v) is 10.7. The second-order valence-electron chi connectivity index (χ2n) is 11.8. The first kappa shape index (κ1) is 42.1. The molecule has 0 saturated heterocycles. The van der Waals surface area contributed by atoms with E-state index in [4.69, 9.17) is 13.8 Å². The molecule has 12 nitrogen and oxygen atoms in total. The van der Waals surface area contributed by atoms with Crippen molar-refractivity contribution in [3.05, 3.63) is 35.7 Å². The Labute approximate surface area is 294 Å². The van der Waals surface area contributed by atoms with Crippen molar-refractivity contribution in [2.45, 2.75) is 91.5 Å². The summed E-state index contributed by atoms with van der Waals surface area (Å²) in [6, 6.07) is 7.31. The van der Waals surface area contributed by atoms with Gasteiger partial charge in [0.15, 0.2) is 5.82 Å². The van der Waals surface area contributed by atoms with Gasteiger partial charge < -0.3 is 29.3 Å². The van der Waals surface area contributed by atoms with Gasteiger partial charge >= 0.3 is 0 Å². The molecule has 2 aromatic rings. The minimum Gasteiger partial charge on any atom is -0.377 e. The van der Waals surface area contributed by atoms with Gasteiger partial charge in [-0.1, -0.05) is 98.2 Å². The molecule has 1 atom stereocenters. The second-order valence-corrected chi connectivity index (χ2v) is 16.3. The third-order valence-electron chi connectivity index (χ3n) is 6.95. The van der Waals surface area contributed by atoms with Gasteiger partial charge in [0.2, 0.25) is 25.2 Å². The monoisotopic (exact) mass is 726 g/mol. The van der Waals surface area contributed by atoms with Crippen LogP contribution in [0.15, 0.2) is 24.3 Å². The number of carbonyl (C=O) groups is 2. The summed E-state index contributed by atoms with van der Waals surface area (Å²) in [6.07, 6.45) is 14.4. The Hall–Kier alpha value is -2.06. The van der Waals surface area contributed by atoms with E-state index in [1.54, 1.807) is 6.92 Å². The van der Waals surface area contributed by atoms with Crippen LogP contribution in [0.5, 0.6) is 0 Å². The van der Waals surface area contributed by atoms with Crippen molar-refractivity contribution in [3.63, 3.8) is 0 Å². The molecule has 0 saturated carbocycles. The number of unbranched alkanes of at least 4 members (excludes halogenated alkanes) is 6. The number of amides is 2. The fraction of sp³-hybridized carbons (Fsp3) is 0.667. The number of hydrogen-bond acceptors (Lipinski definition) is 12. The molecule has 0 fully saturated rings. The van der Waals surface area contributed by atoms with Crippen molar-refractivity contribution in [2.24, 2.45) is 5.92 Å². The highest BCUT2D eigenvalue weighted by atomic mass is 33.1. The van der Waals surface area contributed by atoms with Gasteiger partial charge in [-0.05, 0) is 44.0 Å². The standard InChI is InChI=1S/C33H55N6O6PS2/c1-27(2)13-9-5-7-11-23-47-48-24-12-8-6-10-19-44-46(4,42)45-22-21-43-20-18-34-31(40)25-32(41)35-26-29-14-16-30(17-15-29)33-38-36-28(3)37-39-33/h14-17,27,42H,4-13,18-26H2,1-3H3,(H,34,40)(H,35,41). The summed E-state index contributed by atoms with van der Waals surface area (Å²) in [5.41, 5.74) is 1.63. The van der Waals surface area contributed by atoms with Crippen LogP contribution in [0.25, 0.3) is 11.4 Å². The van der Waals surface area contributed by atoms with Gasteiger partial charge in [0, 0.05) is 30.2 Å². The second kappa shape index (κ2) is 25.8. The summed E-state index contributed by atoms with van der Waals surface area (Å²) in [6.45, 7) is 7.82. The first-order chi connectivity index (χ1) is 23.1. The molecule has 270 valence electrons. The van der Waals surface area contributed by atoms with Crippen molar-refractivity contribution in [3.8, 4) is 11.4 Å². The molecule has 0 aliphatic rings. The maximum Gasteiger partial charge on any atom is 0.248 e. The Balaban J connectivity index is 1.38. The fourth-order valence-corrected chi connectivity index (χ4v) is 7.43. The zero-order chi connectivity index (χ0) is 34.9. The first-order valence-electron chi connectivity index (χ1n) is 16.9. The van der Waals surface area contributed by atoms with Crippen LogP contribution < -0.4 is 10.6 Å². The Morgan fingerprint density at radius 2 is 1.42 bits per heavy atom. The van der Waals surface area contributed by atoms with E-state index in [1.807, 2.05) is 45.9 Å². The Kier molecular flexibility index (Phi) is 22.7. The van der Waals surface area contributed by atoms with Gasteiger partial charge in [-0.25, -0.2) is 0 Å². The van der Waals surface area contributed by atoms with E-state index >= 15 is 0 Å². The molecule has 1 aromatic heterocycles. The van der Waals surface area contributed by atoms with Crippen molar-refractivity contribution in [1.29, 1.82) is 0 Å². The van der Waals surface area contributed by atoms with Crippen LogP contribution in [0, 0.1) is 12.8 Å². The van der Waals surface area contributed by atoms with Crippen LogP contribution in [-0.4, -0.2) is 87.9 Å². The van der Waals surface area contributed by atoms with Crippen LogP contribution >= 0.6 is 29.2 Å². The summed E-state index contributed by atoms with van der Waals surface area (Å²) in [5.74, 6) is 3.37. The Bertz CT molecular complexity index is 1210. The lowest BCUT2D eigenvalue weighted by molar-refractivity contribution is -0.129. The van der Waals surface area contributed by atoms with Gasteiger partial charge in [-0.15, -0.1) is 20.4 Å². The van der Waals surface area contributed by atoms with E-state index in [2.05, 4.69) is 51.2 Å². The van der Waals surface area contributed by atoms with Crippen molar-refractivity contribution < 1.29 is 28.3 Å². The average Bonchev–Trinajstić information content (AvgIpc) is 3.05. The molecular weight excluding hydrogens is 672 g/mol. The highest BCUT2D eigenvalue weighted by Crippen LogP contribution is 2.42. The van der Waals surface area contributed by atoms with E-state index in [0.29, 0.717) is 18.3 Å². The molecule has 2 amide bonds. The molecule has 0 aliphatic carbocycles. The van der Waals surface area contributed by atoms with Crippen molar-refractivity contribution >= 4 is 47.3 Å². The predicted molar refractivity (Wildman–Crippen MR) is 198 cm³/mol. The first-order valence-corrected chi connectivity index (χ1v) is 21.1. The van der Waals surface area contributed by atoms with Crippen molar-refractivity contribution in [1.82, 2.24) is 31.0 Å². The minimum atomic E-state index is -3.13. The van der Waals surface area contributed by atoms with Crippen molar-refractivity contribution in [2.75, 3.05) is 44.5 Å². The SMILES string of the molecule is C=P(O)(OCCCCCCSSCCCCCCC(C)C)OCCOCCNC(=O)CC(=O)NCc1ccc(-c2nnc(C)nn2)cc1. The predicted octanol–water partition coefficient (Wildman–Crippen LogP) is 6.15. The largest absolute Gasteiger partial charge is 0.377 e. The highest BCUT2D eigenvalue weighted by Gasteiger charge is 2.12. The molecule has 1 aromatic carbocycles. The number of aryl methyl sites for hydroxylation is 1. The summed E-state index contributed by atoms with van der Waals surface area (Å²) >= 11 is 0. The molecule has 0 radical (unpaired) electrons. The molecule has 48 heavy (non-hydrogen) atoms. The van der Waals surface area contributed by atoms with Crippen LogP contribution in [0.2, 0.25) is 0 Å². The zero-order valence-corrected chi connectivity index (χ0v) is 31.4. The van der Waals surface area contributed by atoms with E-state index < -0.39 is 13.5 Å². The number of hydrogen-bond donors (Lipinski definition) is 3. The quantitative estimate of drug-likeness (QED) is 0.0398. The van der Waals surface area contributed by atoms with Crippen LogP contribution in [0.1, 0.15) is 89.4 Å². The lowest BCUT2D eigenvalue weighted by Crippen LogP contribution is -2.33. The normalized spacial score (nSPS) is 12.6. The third kappa shape index (κ3) is 21.8. The molecule has 0 bridgehead atoms. The summed E-state index contributed by atoms with van der Waals surface area (Å²) in [4.78, 5) is 34.5. The smallest absolute Gasteiger partial charge is 0.248 e. The molecule has 1 unspecified atom stereocenters. The van der Waals surface area contributed by atoms with Gasteiger partial charge in [-0.3, -0.25) is 9.59 Å². The molecule has 0 aliphatic heterocycles. The minimum absolute atomic E-state index is 0.129. The topological polar surface area (TPSA) is 158 Å². The van der Waals surface area contributed by atoms with E-state index in [9.17, 15) is 14.5 Å². The number of benzene rings is 1. The number of aromatic nitrogens is 4. The molecular formula is C33H55N6O6PS2. The highest BCUT2D eigenvalue weighted by molar-refractivity contribution is 8.76. The van der Waals surface area contributed by atoms with Gasteiger partial charge in [0.05, 0.1) is 26.4 Å². The molecule has 1 heterocycles. The maximum absolute atomic E-state index is 12.1. The molecule has 2 rings (SSSR count). The lowest BCUT2D eigenvalue weighted by atomic mass is 10.0. The van der Waals surface area contributed by atoms with Gasteiger partial charge in [0.25, 0.3) is 0 Å². The van der Waals surface area contributed by atoms with Crippen LogP contribution in [0.3, 0.4) is 0 Å². The van der Waals surface area contributed by atoms with Gasteiger partial charge in [-0.2, -0.15) is 0 Å². The van der Waals surface area contributed by atoms with E-state index in [0.717, 1.165) is 36.3 Å². The fourth-order valence-electron chi connectivity index (χ4n) is 4.29. The summed E-state index contributed by atoms with van der Waals surface area (Å²) in [7, 11) is 0.846. The van der Waals surface area contributed by atoms with E-state index in [-0.39, 0.29) is 45.2 Å². The summed E-state index contributed by atoms with van der Waals surface area (Å²) in [5, 5.41) is 21.2. The molecule has 15 heteroatoms. The molecule has 0 spiro atoms. The number of nitrogens with zero attached hydrogens (tertiary/aromatic N) is 4. The maximum atomic E-state index is 12.1. The number of carbonyl (C=O) groups excluding carboxylic acids is 2. The summed E-state index contributed by atoms with van der Waals surface area (Å²) < 4.78 is 16.3. The number of rotatable bonds is 28. The number of nitrogens with one attached hydrogen (secondary N) is 2. The Morgan fingerprint density at radius 1 is 0.812 bits per heavy atom. The lowest BCUT2D eigenvalue weighted by Gasteiger charge is -2.18. The van der Waals surface area contributed by atoms with Gasteiger partial charge in [0.1, 0.15) is 6.42 Å². The Morgan fingerprint density at radius 3 is 2.08 bits per heavy atom. The van der Waals surface area contributed by atoms with Crippen LogP contribution in [0.4, 0.5) is 0 Å². The zero-order valence-electron chi connectivity index (χ0n) is 28.9. The molecule has 3 N–H and O–H groups in total. The number of ether oxygens (including phenoxy) is 1. The van der Waals surface area contributed by atoms with E-state index in [1.165, 1.54) is 50.0 Å².